The molecule has 1 saturated carbocycles. The van der Waals surface area contributed by atoms with Gasteiger partial charge in [-0.15, -0.1) is 0 Å². The first-order valence-electron chi connectivity index (χ1n) is 5.88. The first-order valence-corrected chi connectivity index (χ1v) is 5.88. The molecule has 0 radical (unpaired) electrons. The Morgan fingerprint density at radius 2 is 1.69 bits per heavy atom. The SMILES string of the molecule is CN1C(=O)c2ccccc2C1=C1CCCC1. The summed E-state index contributed by atoms with van der Waals surface area (Å²) in [5.41, 5.74) is 4.63. The zero-order valence-electron chi connectivity index (χ0n) is 9.49. The molecule has 0 aromatic heterocycles. The molecule has 1 heterocycles. The normalized spacial score (nSPS) is 19.6. The second-order valence-corrected chi connectivity index (χ2v) is 4.57. The highest BCUT2D eigenvalue weighted by Crippen LogP contribution is 2.39. The third-order valence-electron chi connectivity index (χ3n) is 3.59. The van der Waals surface area contributed by atoms with Crippen molar-refractivity contribution in [3.05, 3.63) is 41.0 Å². The van der Waals surface area contributed by atoms with Crippen LogP contribution in [-0.2, 0) is 0 Å². The van der Waals surface area contributed by atoms with E-state index in [2.05, 4.69) is 6.07 Å². The maximum Gasteiger partial charge on any atom is 0.258 e. The Kier molecular flexibility index (Phi) is 2.10. The van der Waals surface area contributed by atoms with Gasteiger partial charge in [0.15, 0.2) is 0 Å². The molecule has 0 bridgehead atoms. The molecule has 0 atom stereocenters. The molecule has 2 nitrogen and oxygen atoms in total. The Morgan fingerprint density at radius 3 is 2.38 bits per heavy atom. The van der Waals surface area contributed by atoms with E-state index in [1.165, 1.54) is 24.1 Å². The van der Waals surface area contributed by atoms with Gasteiger partial charge in [-0.05, 0) is 37.3 Å². The number of carbonyl (C=O) groups excluding carboxylic acids is 1. The van der Waals surface area contributed by atoms with Crippen LogP contribution in [0, 0.1) is 0 Å². The summed E-state index contributed by atoms with van der Waals surface area (Å²) in [5.74, 6) is 0.144. The first kappa shape index (κ1) is 9.64. The monoisotopic (exact) mass is 213 g/mol. The van der Waals surface area contributed by atoms with Gasteiger partial charge in [0.25, 0.3) is 5.91 Å². The lowest BCUT2D eigenvalue weighted by molar-refractivity contribution is 0.0874. The Bertz CT molecular complexity index is 479. The van der Waals surface area contributed by atoms with E-state index in [9.17, 15) is 4.79 Å². The lowest BCUT2D eigenvalue weighted by atomic mass is 10.0. The Morgan fingerprint density at radius 1 is 1.06 bits per heavy atom. The molecule has 1 fully saturated rings. The lowest BCUT2D eigenvalue weighted by Crippen LogP contribution is -2.18. The fraction of sp³-hybridized carbons (Fsp3) is 0.357. The van der Waals surface area contributed by atoms with E-state index in [1.807, 2.05) is 30.1 Å². The Balaban J connectivity index is 2.21. The van der Waals surface area contributed by atoms with Crippen LogP contribution in [0.1, 0.15) is 41.6 Å². The second-order valence-electron chi connectivity index (χ2n) is 4.57. The van der Waals surface area contributed by atoms with Gasteiger partial charge >= 0.3 is 0 Å². The molecule has 1 aromatic carbocycles. The predicted molar refractivity (Wildman–Crippen MR) is 63.9 cm³/mol. The fourth-order valence-electron chi connectivity index (χ4n) is 2.81. The summed E-state index contributed by atoms with van der Waals surface area (Å²) >= 11 is 0. The molecule has 2 aliphatic rings. The molecule has 1 aliphatic heterocycles. The highest BCUT2D eigenvalue weighted by atomic mass is 16.2. The molecule has 1 amide bonds. The summed E-state index contributed by atoms with van der Waals surface area (Å²) in [6.07, 6.45) is 4.84. The standard InChI is InChI=1S/C14H15NO/c1-15-13(10-6-2-3-7-10)11-8-4-5-9-12(11)14(15)16/h4-5,8-9H,2-3,6-7H2,1H3. The number of amides is 1. The summed E-state index contributed by atoms with van der Waals surface area (Å²) < 4.78 is 0. The average Bonchev–Trinajstić information content (AvgIpc) is 2.89. The van der Waals surface area contributed by atoms with Gasteiger partial charge in [0.1, 0.15) is 0 Å². The number of fused-ring (bicyclic) bond motifs is 1. The van der Waals surface area contributed by atoms with Gasteiger partial charge in [0, 0.05) is 18.2 Å². The van der Waals surface area contributed by atoms with Crippen molar-refractivity contribution in [1.82, 2.24) is 4.90 Å². The fourth-order valence-corrected chi connectivity index (χ4v) is 2.81. The minimum atomic E-state index is 0.144. The summed E-state index contributed by atoms with van der Waals surface area (Å²) in [6.45, 7) is 0. The Hall–Kier alpha value is -1.57. The topological polar surface area (TPSA) is 20.3 Å². The van der Waals surface area contributed by atoms with Crippen LogP contribution in [-0.4, -0.2) is 17.9 Å². The van der Waals surface area contributed by atoms with Crippen molar-refractivity contribution in [3.63, 3.8) is 0 Å². The summed E-state index contributed by atoms with van der Waals surface area (Å²) in [7, 11) is 1.89. The van der Waals surface area contributed by atoms with E-state index >= 15 is 0 Å². The van der Waals surface area contributed by atoms with Crippen LogP contribution in [0.2, 0.25) is 0 Å². The summed E-state index contributed by atoms with van der Waals surface area (Å²) in [5, 5.41) is 0. The summed E-state index contributed by atoms with van der Waals surface area (Å²) in [4.78, 5) is 13.9. The van der Waals surface area contributed by atoms with Crippen LogP contribution in [0.15, 0.2) is 29.8 Å². The minimum absolute atomic E-state index is 0.144. The van der Waals surface area contributed by atoms with Crippen molar-refractivity contribution in [1.29, 1.82) is 0 Å². The number of rotatable bonds is 0. The molecular weight excluding hydrogens is 198 g/mol. The van der Waals surface area contributed by atoms with Crippen molar-refractivity contribution in [3.8, 4) is 0 Å². The van der Waals surface area contributed by atoms with Crippen LogP contribution in [0.4, 0.5) is 0 Å². The molecule has 0 saturated heterocycles. The summed E-state index contributed by atoms with van der Waals surface area (Å²) in [6, 6.07) is 7.95. The highest BCUT2D eigenvalue weighted by molar-refractivity contribution is 6.09. The van der Waals surface area contributed by atoms with Crippen molar-refractivity contribution < 1.29 is 4.79 Å². The van der Waals surface area contributed by atoms with Gasteiger partial charge in [-0.2, -0.15) is 0 Å². The Labute approximate surface area is 95.6 Å². The van der Waals surface area contributed by atoms with Crippen molar-refractivity contribution in [2.45, 2.75) is 25.7 Å². The zero-order chi connectivity index (χ0) is 11.1. The molecular formula is C14H15NO. The number of hydrogen-bond acceptors (Lipinski definition) is 1. The van der Waals surface area contributed by atoms with Gasteiger partial charge in [-0.25, -0.2) is 0 Å². The third kappa shape index (κ3) is 1.22. The number of hydrogen-bond donors (Lipinski definition) is 0. The highest BCUT2D eigenvalue weighted by Gasteiger charge is 2.31. The molecule has 0 spiro atoms. The van der Waals surface area contributed by atoms with E-state index in [0.717, 1.165) is 24.0 Å². The van der Waals surface area contributed by atoms with Crippen molar-refractivity contribution >= 4 is 11.6 Å². The van der Waals surface area contributed by atoms with Gasteiger partial charge in [0.2, 0.25) is 0 Å². The zero-order valence-corrected chi connectivity index (χ0v) is 9.49. The maximum absolute atomic E-state index is 12.1. The smallest absolute Gasteiger partial charge is 0.258 e. The van der Waals surface area contributed by atoms with Crippen LogP contribution >= 0.6 is 0 Å². The van der Waals surface area contributed by atoms with E-state index in [4.69, 9.17) is 0 Å². The van der Waals surface area contributed by atoms with E-state index < -0.39 is 0 Å². The molecule has 0 unspecified atom stereocenters. The number of allylic oxidation sites excluding steroid dienone is 1. The molecule has 16 heavy (non-hydrogen) atoms. The van der Waals surface area contributed by atoms with Crippen molar-refractivity contribution in [2.24, 2.45) is 0 Å². The average molecular weight is 213 g/mol. The van der Waals surface area contributed by atoms with Gasteiger partial charge in [0.05, 0.1) is 5.70 Å². The third-order valence-corrected chi connectivity index (χ3v) is 3.59. The molecule has 0 N–H and O–H groups in total. The molecule has 1 aromatic rings. The van der Waals surface area contributed by atoms with Crippen LogP contribution in [0.5, 0.6) is 0 Å². The van der Waals surface area contributed by atoms with E-state index in [0.29, 0.717) is 0 Å². The maximum atomic E-state index is 12.1. The molecule has 1 aliphatic carbocycles. The van der Waals surface area contributed by atoms with E-state index in [1.54, 1.807) is 0 Å². The predicted octanol–water partition coefficient (Wildman–Crippen LogP) is 3.06. The lowest BCUT2D eigenvalue weighted by Gasteiger charge is -2.14. The van der Waals surface area contributed by atoms with Crippen LogP contribution in [0.3, 0.4) is 0 Å². The van der Waals surface area contributed by atoms with E-state index in [-0.39, 0.29) is 5.91 Å². The van der Waals surface area contributed by atoms with Gasteiger partial charge in [-0.1, -0.05) is 18.2 Å². The van der Waals surface area contributed by atoms with Crippen LogP contribution in [0.25, 0.3) is 5.70 Å². The van der Waals surface area contributed by atoms with Gasteiger partial charge < -0.3 is 4.90 Å². The van der Waals surface area contributed by atoms with Gasteiger partial charge in [-0.3, -0.25) is 4.79 Å². The number of nitrogens with zero attached hydrogens (tertiary/aromatic N) is 1. The second kappa shape index (κ2) is 3.48. The number of benzene rings is 1. The van der Waals surface area contributed by atoms with Crippen molar-refractivity contribution in [2.75, 3.05) is 7.05 Å². The molecule has 3 rings (SSSR count). The van der Waals surface area contributed by atoms with Crippen LogP contribution < -0.4 is 0 Å². The number of carbonyl (C=O) groups is 1. The largest absolute Gasteiger partial charge is 0.311 e. The quantitative estimate of drug-likeness (QED) is 0.648. The molecule has 2 heteroatoms. The minimum Gasteiger partial charge on any atom is -0.311 e. The molecule has 82 valence electrons. The first-order chi connectivity index (χ1) is 7.79.